The first-order valence-corrected chi connectivity index (χ1v) is 9.27. The summed E-state index contributed by atoms with van der Waals surface area (Å²) in [7, 11) is 1.15. The molecule has 6 nitrogen and oxygen atoms in total. The molecule has 2 aromatic carbocycles. The van der Waals surface area contributed by atoms with Crippen LogP contribution in [0.2, 0.25) is 0 Å². The van der Waals surface area contributed by atoms with E-state index in [-0.39, 0.29) is 11.9 Å². The van der Waals surface area contributed by atoms with Crippen molar-refractivity contribution in [3.05, 3.63) is 53.6 Å². The molecule has 140 valence electrons. The van der Waals surface area contributed by atoms with Crippen molar-refractivity contribution < 1.29 is 19.2 Å². The molecule has 0 radical (unpaired) electrons. The molecule has 0 bridgehead atoms. The number of ether oxygens (including phenoxy) is 1. The van der Waals surface area contributed by atoms with E-state index in [0.717, 1.165) is 41.7 Å². The van der Waals surface area contributed by atoms with Gasteiger partial charge >= 0.3 is 7.12 Å². The summed E-state index contributed by atoms with van der Waals surface area (Å²) < 4.78 is 11.1. The summed E-state index contributed by atoms with van der Waals surface area (Å²) in [5, 5.41) is 12.7. The van der Waals surface area contributed by atoms with E-state index in [0.29, 0.717) is 18.9 Å². The monoisotopic (exact) mass is 366 g/mol. The highest BCUT2D eigenvalue weighted by Crippen LogP contribution is 2.24. The lowest BCUT2D eigenvalue weighted by molar-refractivity contribution is -0.125. The van der Waals surface area contributed by atoms with Crippen molar-refractivity contribution in [2.75, 3.05) is 13.6 Å². The molecule has 2 aliphatic rings. The number of rotatable bonds is 5. The smallest absolute Gasteiger partial charge is 0.457 e. The van der Waals surface area contributed by atoms with Gasteiger partial charge in [-0.1, -0.05) is 18.2 Å². The van der Waals surface area contributed by atoms with Gasteiger partial charge in [-0.25, -0.2) is 0 Å². The van der Waals surface area contributed by atoms with Crippen LogP contribution in [0.25, 0.3) is 0 Å². The fraction of sp³-hybridized carbons (Fsp3) is 0.350. The van der Waals surface area contributed by atoms with E-state index in [2.05, 4.69) is 10.2 Å². The average molecular weight is 366 g/mol. The summed E-state index contributed by atoms with van der Waals surface area (Å²) in [6.45, 7) is 1.89. The van der Waals surface area contributed by atoms with E-state index in [1.165, 1.54) is 0 Å². The van der Waals surface area contributed by atoms with Crippen molar-refractivity contribution in [3.8, 4) is 11.5 Å². The zero-order chi connectivity index (χ0) is 18.8. The largest absolute Gasteiger partial charge is 0.491 e. The third-order valence-corrected chi connectivity index (χ3v) is 5.23. The highest BCUT2D eigenvalue weighted by Gasteiger charge is 2.28. The fourth-order valence-electron chi connectivity index (χ4n) is 3.63. The Kier molecular flexibility index (Phi) is 5.16. The molecule has 0 aromatic heterocycles. The molecule has 4 rings (SSSR count). The Morgan fingerprint density at radius 2 is 2.07 bits per heavy atom. The summed E-state index contributed by atoms with van der Waals surface area (Å²) in [5.41, 5.74) is 2.76. The van der Waals surface area contributed by atoms with E-state index in [1.807, 2.05) is 49.5 Å². The number of nitrogens with zero attached hydrogens (tertiary/aromatic N) is 1. The second-order valence-electron chi connectivity index (χ2n) is 7.13. The Bertz CT molecular complexity index is 827. The maximum Gasteiger partial charge on any atom is 0.491 e. The number of fused-ring (bicyclic) bond motifs is 1. The lowest BCUT2D eigenvalue weighted by atomic mass is 9.80. The molecule has 1 amide bonds. The van der Waals surface area contributed by atoms with Gasteiger partial charge in [0.25, 0.3) is 0 Å². The SMILES string of the molecule is CN1CCCC1C(=O)NCc1ccc(Oc2ccc3c(c2)COB3O)cc1. The van der Waals surface area contributed by atoms with Crippen molar-refractivity contribution in [1.29, 1.82) is 0 Å². The van der Waals surface area contributed by atoms with Crippen LogP contribution in [0.5, 0.6) is 11.5 Å². The molecule has 2 heterocycles. The van der Waals surface area contributed by atoms with Crippen LogP contribution in [0.3, 0.4) is 0 Å². The van der Waals surface area contributed by atoms with Crippen LogP contribution in [0.4, 0.5) is 0 Å². The van der Waals surface area contributed by atoms with E-state index < -0.39 is 7.12 Å². The molecule has 2 aliphatic heterocycles. The Morgan fingerprint density at radius 3 is 2.81 bits per heavy atom. The quantitative estimate of drug-likeness (QED) is 0.783. The number of hydrogen-bond acceptors (Lipinski definition) is 5. The van der Waals surface area contributed by atoms with Crippen LogP contribution in [0.15, 0.2) is 42.5 Å². The van der Waals surface area contributed by atoms with Crippen molar-refractivity contribution in [1.82, 2.24) is 10.2 Å². The van der Waals surface area contributed by atoms with Crippen LogP contribution >= 0.6 is 0 Å². The average Bonchev–Trinajstić information content (AvgIpc) is 3.27. The van der Waals surface area contributed by atoms with Gasteiger partial charge in [0.15, 0.2) is 0 Å². The maximum atomic E-state index is 12.2. The van der Waals surface area contributed by atoms with Crippen molar-refractivity contribution >= 4 is 18.5 Å². The standard InChI is InChI=1S/C20H23BN2O4/c1-23-10-2-3-19(23)20(24)22-12-14-4-6-16(7-5-14)27-17-8-9-18-15(11-17)13-26-21(18)25/h4-9,11,19,25H,2-3,10,12-13H2,1H3,(H,22,24). The highest BCUT2D eigenvalue weighted by molar-refractivity contribution is 6.61. The van der Waals surface area contributed by atoms with Gasteiger partial charge in [0, 0.05) is 6.54 Å². The van der Waals surface area contributed by atoms with Crippen molar-refractivity contribution in [2.24, 2.45) is 0 Å². The zero-order valence-corrected chi connectivity index (χ0v) is 15.4. The fourth-order valence-corrected chi connectivity index (χ4v) is 3.63. The molecule has 7 heteroatoms. The normalized spacial score (nSPS) is 19.2. The summed E-state index contributed by atoms with van der Waals surface area (Å²) in [5.74, 6) is 1.52. The molecule has 2 N–H and O–H groups in total. The summed E-state index contributed by atoms with van der Waals surface area (Å²) >= 11 is 0. The Hall–Kier alpha value is -2.35. The summed E-state index contributed by atoms with van der Waals surface area (Å²) in [4.78, 5) is 14.4. The van der Waals surface area contributed by atoms with Crippen molar-refractivity contribution in [3.63, 3.8) is 0 Å². The van der Waals surface area contributed by atoms with E-state index in [1.54, 1.807) is 0 Å². The van der Waals surface area contributed by atoms with Gasteiger partial charge in [0.05, 0.1) is 12.6 Å². The minimum absolute atomic E-state index is 0.00471. The number of carbonyl (C=O) groups excluding carboxylic acids is 1. The second kappa shape index (κ2) is 7.72. The predicted molar refractivity (Wildman–Crippen MR) is 103 cm³/mol. The van der Waals surface area contributed by atoms with Gasteiger partial charge in [0.1, 0.15) is 11.5 Å². The first-order valence-electron chi connectivity index (χ1n) is 9.27. The molecule has 1 saturated heterocycles. The number of amides is 1. The lowest BCUT2D eigenvalue weighted by Gasteiger charge is -2.18. The maximum absolute atomic E-state index is 12.2. The molecular formula is C20H23BN2O4. The lowest BCUT2D eigenvalue weighted by Crippen LogP contribution is -2.41. The topological polar surface area (TPSA) is 71.0 Å². The minimum Gasteiger partial charge on any atom is -0.457 e. The Balaban J connectivity index is 1.33. The number of nitrogens with one attached hydrogen (secondary N) is 1. The molecule has 2 aromatic rings. The number of carbonyl (C=O) groups is 1. The number of likely N-dealkylation sites (N-methyl/N-ethyl adjacent to an activating group) is 1. The molecule has 27 heavy (non-hydrogen) atoms. The predicted octanol–water partition coefficient (Wildman–Crippen LogP) is 1.41. The third-order valence-electron chi connectivity index (χ3n) is 5.23. The Morgan fingerprint density at radius 1 is 1.30 bits per heavy atom. The van der Waals surface area contributed by atoms with Gasteiger partial charge < -0.3 is 19.7 Å². The first-order chi connectivity index (χ1) is 13.1. The van der Waals surface area contributed by atoms with Gasteiger partial charge in [-0.2, -0.15) is 0 Å². The first kappa shape index (κ1) is 18.0. The number of benzene rings is 2. The van der Waals surface area contributed by atoms with Gasteiger partial charge in [-0.3, -0.25) is 9.69 Å². The molecule has 0 spiro atoms. The van der Waals surface area contributed by atoms with Crippen molar-refractivity contribution in [2.45, 2.75) is 32.0 Å². The van der Waals surface area contributed by atoms with Crippen LogP contribution in [-0.4, -0.2) is 42.6 Å². The van der Waals surface area contributed by atoms with Gasteiger partial charge in [-0.05, 0) is 67.3 Å². The molecule has 1 atom stereocenters. The zero-order valence-electron chi connectivity index (χ0n) is 15.4. The molecule has 0 aliphatic carbocycles. The molecule has 1 fully saturated rings. The number of likely N-dealkylation sites (tertiary alicyclic amines) is 1. The van der Waals surface area contributed by atoms with E-state index in [9.17, 15) is 9.82 Å². The number of hydrogen-bond donors (Lipinski definition) is 2. The highest BCUT2D eigenvalue weighted by atomic mass is 16.5. The van der Waals surface area contributed by atoms with Crippen LogP contribution in [0, 0.1) is 0 Å². The molecule has 0 saturated carbocycles. The molecular weight excluding hydrogens is 343 g/mol. The Labute approximate surface area is 159 Å². The van der Waals surface area contributed by atoms with Gasteiger partial charge in [-0.15, -0.1) is 0 Å². The second-order valence-corrected chi connectivity index (χ2v) is 7.13. The van der Waals surface area contributed by atoms with Crippen LogP contribution in [0.1, 0.15) is 24.0 Å². The summed E-state index contributed by atoms with van der Waals surface area (Å²) in [6.07, 6.45) is 2.01. The summed E-state index contributed by atoms with van der Waals surface area (Å²) in [6, 6.07) is 13.2. The minimum atomic E-state index is -0.840. The third kappa shape index (κ3) is 4.00. The van der Waals surface area contributed by atoms with Gasteiger partial charge in [0.2, 0.25) is 5.91 Å². The van der Waals surface area contributed by atoms with E-state index in [4.69, 9.17) is 9.39 Å². The molecule has 1 unspecified atom stereocenters. The van der Waals surface area contributed by atoms with E-state index >= 15 is 0 Å². The van der Waals surface area contributed by atoms with Crippen LogP contribution in [-0.2, 0) is 22.6 Å². The van der Waals surface area contributed by atoms with Crippen LogP contribution < -0.4 is 15.5 Å².